The highest BCUT2D eigenvalue weighted by Crippen LogP contribution is 2.32. The maximum Gasteiger partial charge on any atom is 0.338 e. The van der Waals surface area contributed by atoms with E-state index in [1.165, 1.54) is 0 Å². The molecule has 0 spiro atoms. The average Bonchev–Trinajstić information content (AvgIpc) is 2.97. The SMILES string of the molecule is COCc1ccc(C(=O)O[C@@H](C)C(=O)N2c3ccccc3C[C@@H]2C)cc1. The highest BCUT2D eigenvalue weighted by molar-refractivity contribution is 6.00. The summed E-state index contributed by atoms with van der Waals surface area (Å²) in [5.74, 6) is -0.707. The number of rotatable bonds is 5. The van der Waals surface area contributed by atoms with Gasteiger partial charge in [0.1, 0.15) is 0 Å². The average molecular weight is 353 g/mol. The smallest absolute Gasteiger partial charge is 0.338 e. The summed E-state index contributed by atoms with van der Waals surface area (Å²) in [5.41, 5.74) is 3.42. The van der Waals surface area contributed by atoms with Gasteiger partial charge in [-0.25, -0.2) is 4.79 Å². The van der Waals surface area contributed by atoms with Crippen molar-refractivity contribution in [2.45, 2.75) is 39.0 Å². The van der Waals surface area contributed by atoms with Crippen LogP contribution in [0.3, 0.4) is 0 Å². The fraction of sp³-hybridized carbons (Fsp3) is 0.333. The van der Waals surface area contributed by atoms with Gasteiger partial charge in [0, 0.05) is 18.8 Å². The van der Waals surface area contributed by atoms with E-state index in [-0.39, 0.29) is 11.9 Å². The van der Waals surface area contributed by atoms with Crippen molar-refractivity contribution in [3.63, 3.8) is 0 Å². The number of benzene rings is 2. The molecule has 5 heteroatoms. The third-order valence-corrected chi connectivity index (χ3v) is 4.58. The predicted octanol–water partition coefficient (Wildman–Crippen LogP) is 3.36. The fourth-order valence-electron chi connectivity index (χ4n) is 3.28. The Morgan fingerprint density at radius 1 is 1.15 bits per heavy atom. The van der Waals surface area contributed by atoms with E-state index in [4.69, 9.17) is 9.47 Å². The molecule has 0 fully saturated rings. The number of carbonyl (C=O) groups excluding carboxylic acids is 2. The molecule has 1 amide bonds. The summed E-state index contributed by atoms with van der Waals surface area (Å²) in [6.07, 6.45) is -0.0430. The lowest BCUT2D eigenvalue weighted by Crippen LogP contribution is -2.43. The van der Waals surface area contributed by atoms with Gasteiger partial charge >= 0.3 is 5.97 Å². The summed E-state index contributed by atoms with van der Waals surface area (Å²) in [7, 11) is 1.62. The zero-order valence-corrected chi connectivity index (χ0v) is 15.3. The molecule has 136 valence electrons. The normalized spacial score (nSPS) is 16.9. The molecule has 0 radical (unpaired) electrons. The monoisotopic (exact) mass is 353 g/mol. The van der Waals surface area contributed by atoms with Gasteiger partial charge in [0.05, 0.1) is 12.2 Å². The Hall–Kier alpha value is -2.66. The molecule has 0 saturated carbocycles. The number of para-hydroxylation sites is 1. The van der Waals surface area contributed by atoms with Gasteiger partial charge in [-0.1, -0.05) is 30.3 Å². The second-order valence-corrected chi connectivity index (χ2v) is 6.57. The molecular formula is C21H23NO4. The van der Waals surface area contributed by atoms with Crippen molar-refractivity contribution in [2.75, 3.05) is 12.0 Å². The summed E-state index contributed by atoms with van der Waals surface area (Å²) in [6.45, 7) is 4.10. The van der Waals surface area contributed by atoms with E-state index in [1.54, 1.807) is 31.1 Å². The van der Waals surface area contributed by atoms with E-state index in [9.17, 15) is 9.59 Å². The van der Waals surface area contributed by atoms with Gasteiger partial charge < -0.3 is 14.4 Å². The second-order valence-electron chi connectivity index (χ2n) is 6.57. The summed E-state index contributed by atoms with van der Waals surface area (Å²) in [6, 6.07) is 14.9. The first-order valence-corrected chi connectivity index (χ1v) is 8.71. The zero-order chi connectivity index (χ0) is 18.7. The van der Waals surface area contributed by atoms with Gasteiger partial charge in [-0.15, -0.1) is 0 Å². The number of hydrogen-bond acceptors (Lipinski definition) is 4. The van der Waals surface area contributed by atoms with Crippen LogP contribution in [0.1, 0.15) is 35.3 Å². The van der Waals surface area contributed by atoms with Crippen molar-refractivity contribution in [3.05, 3.63) is 65.2 Å². The minimum atomic E-state index is -0.852. The first kappa shape index (κ1) is 18.1. The van der Waals surface area contributed by atoms with Gasteiger partial charge in [-0.3, -0.25) is 4.79 Å². The Morgan fingerprint density at radius 2 is 1.85 bits per heavy atom. The lowest BCUT2D eigenvalue weighted by molar-refractivity contribution is -0.126. The van der Waals surface area contributed by atoms with Crippen LogP contribution in [0.15, 0.2) is 48.5 Å². The molecular weight excluding hydrogens is 330 g/mol. The Labute approximate surface area is 153 Å². The van der Waals surface area contributed by atoms with E-state index < -0.39 is 12.1 Å². The van der Waals surface area contributed by atoms with Crippen LogP contribution in [-0.2, 0) is 27.3 Å². The molecule has 2 aromatic rings. The largest absolute Gasteiger partial charge is 0.449 e. The molecule has 0 aliphatic carbocycles. The highest BCUT2D eigenvalue weighted by atomic mass is 16.5. The molecule has 26 heavy (non-hydrogen) atoms. The lowest BCUT2D eigenvalue weighted by Gasteiger charge is -2.26. The van der Waals surface area contributed by atoms with Crippen molar-refractivity contribution < 1.29 is 19.1 Å². The van der Waals surface area contributed by atoms with E-state index in [2.05, 4.69) is 0 Å². The Bertz CT molecular complexity index is 800. The summed E-state index contributed by atoms with van der Waals surface area (Å²) < 4.78 is 10.5. The minimum Gasteiger partial charge on any atom is -0.449 e. The maximum absolute atomic E-state index is 12.9. The zero-order valence-electron chi connectivity index (χ0n) is 15.3. The van der Waals surface area contributed by atoms with Crippen molar-refractivity contribution in [3.8, 4) is 0 Å². The van der Waals surface area contributed by atoms with Crippen LogP contribution in [0.2, 0.25) is 0 Å². The van der Waals surface area contributed by atoms with Crippen LogP contribution >= 0.6 is 0 Å². The molecule has 2 atom stereocenters. The number of ether oxygens (including phenoxy) is 2. The van der Waals surface area contributed by atoms with E-state index in [1.807, 2.05) is 43.3 Å². The molecule has 1 aliphatic rings. The molecule has 2 aromatic carbocycles. The van der Waals surface area contributed by atoms with Gasteiger partial charge in [0.15, 0.2) is 6.10 Å². The van der Waals surface area contributed by atoms with Crippen molar-refractivity contribution in [1.82, 2.24) is 0 Å². The summed E-state index contributed by atoms with van der Waals surface area (Å²) in [5, 5.41) is 0. The number of carbonyl (C=O) groups is 2. The van der Waals surface area contributed by atoms with Gasteiger partial charge in [0.25, 0.3) is 5.91 Å². The number of hydrogen-bond donors (Lipinski definition) is 0. The second kappa shape index (κ2) is 7.70. The van der Waals surface area contributed by atoms with Crippen LogP contribution in [0.4, 0.5) is 5.69 Å². The van der Waals surface area contributed by atoms with E-state index in [0.29, 0.717) is 12.2 Å². The lowest BCUT2D eigenvalue weighted by atomic mass is 10.1. The number of amides is 1. The van der Waals surface area contributed by atoms with E-state index in [0.717, 1.165) is 23.2 Å². The van der Waals surface area contributed by atoms with Crippen molar-refractivity contribution in [2.24, 2.45) is 0 Å². The first-order chi connectivity index (χ1) is 12.5. The molecule has 3 rings (SSSR count). The van der Waals surface area contributed by atoms with Crippen LogP contribution in [-0.4, -0.2) is 31.1 Å². The molecule has 0 aromatic heterocycles. The van der Waals surface area contributed by atoms with E-state index >= 15 is 0 Å². The maximum atomic E-state index is 12.9. The number of fused-ring (bicyclic) bond motifs is 1. The van der Waals surface area contributed by atoms with Gasteiger partial charge in [-0.05, 0) is 49.6 Å². The quantitative estimate of drug-likeness (QED) is 0.774. The standard InChI is InChI=1S/C21H23NO4/c1-14-12-18-6-4-5-7-19(18)22(14)20(23)15(2)26-21(24)17-10-8-16(9-11-17)13-25-3/h4-11,14-15H,12-13H2,1-3H3/t14-,15-/m0/s1. The van der Waals surface area contributed by atoms with Crippen LogP contribution in [0, 0.1) is 0 Å². The number of anilines is 1. The van der Waals surface area contributed by atoms with Crippen molar-refractivity contribution in [1.29, 1.82) is 0 Å². The number of esters is 1. The molecule has 1 aliphatic heterocycles. The fourth-order valence-corrected chi connectivity index (χ4v) is 3.28. The first-order valence-electron chi connectivity index (χ1n) is 8.71. The number of nitrogens with zero attached hydrogens (tertiary/aromatic N) is 1. The Morgan fingerprint density at radius 3 is 2.54 bits per heavy atom. The van der Waals surface area contributed by atoms with Crippen LogP contribution < -0.4 is 4.90 Å². The third-order valence-electron chi connectivity index (χ3n) is 4.58. The molecule has 0 unspecified atom stereocenters. The predicted molar refractivity (Wildman–Crippen MR) is 99.1 cm³/mol. The Balaban J connectivity index is 1.68. The summed E-state index contributed by atoms with van der Waals surface area (Å²) >= 11 is 0. The molecule has 0 saturated heterocycles. The molecule has 5 nitrogen and oxygen atoms in total. The molecule has 0 bridgehead atoms. The Kier molecular flexibility index (Phi) is 5.38. The number of methoxy groups -OCH3 is 1. The van der Waals surface area contributed by atoms with Crippen LogP contribution in [0.25, 0.3) is 0 Å². The van der Waals surface area contributed by atoms with Gasteiger partial charge in [-0.2, -0.15) is 0 Å². The van der Waals surface area contributed by atoms with Gasteiger partial charge in [0.2, 0.25) is 0 Å². The molecule has 1 heterocycles. The van der Waals surface area contributed by atoms with Crippen molar-refractivity contribution >= 4 is 17.6 Å². The minimum absolute atomic E-state index is 0.0504. The summed E-state index contributed by atoms with van der Waals surface area (Å²) in [4.78, 5) is 26.9. The van der Waals surface area contributed by atoms with Crippen LogP contribution in [0.5, 0.6) is 0 Å². The third kappa shape index (κ3) is 3.63. The highest BCUT2D eigenvalue weighted by Gasteiger charge is 2.34. The topological polar surface area (TPSA) is 55.8 Å². The molecule has 0 N–H and O–H groups in total.